The largest absolute Gasteiger partial charge is 0.382 e. The number of hydrogen-bond acceptors (Lipinski definition) is 4. The van der Waals surface area contributed by atoms with E-state index in [1.807, 2.05) is 0 Å². The standard InChI is InChI=1S/C8H11N5/c1-4(2)7-12-5-6(9)10-3-11-8(5)13-7/h3-4H,1-2H3,(H3,9,10,11,12,13). The first kappa shape index (κ1) is 7.97. The Bertz CT molecular complexity index is 431. The maximum Gasteiger partial charge on any atom is 0.183 e. The van der Waals surface area contributed by atoms with Gasteiger partial charge in [0, 0.05) is 5.92 Å². The monoisotopic (exact) mass is 177 g/mol. The minimum absolute atomic E-state index is 0.341. The molecule has 0 aliphatic heterocycles. The number of hydrogen-bond donors (Lipinski definition) is 2. The summed E-state index contributed by atoms with van der Waals surface area (Å²) in [6, 6.07) is 0. The van der Waals surface area contributed by atoms with Crippen LogP contribution in [0, 0.1) is 0 Å². The quantitative estimate of drug-likeness (QED) is 0.682. The molecule has 0 bridgehead atoms. The van der Waals surface area contributed by atoms with Gasteiger partial charge in [-0.05, 0) is 0 Å². The first-order chi connectivity index (χ1) is 6.18. The lowest BCUT2D eigenvalue weighted by molar-refractivity contribution is 0.798. The molecule has 5 heteroatoms. The molecule has 2 rings (SSSR count). The van der Waals surface area contributed by atoms with E-state index in [9.17, 15) is 0 Å². The average Bonchev–Trinajstić information content (AvgIpc) is 2.49. The highest BCUT2D eigenvalue weighted by Crippen LogP contribution is 2.17. The van der Waals surface area contributed by atoms with Crippen molar-refractivity contribution < 1.29 is 0 Å². The molecule has 0 fully saturated rings. The second-order valence-corrected chi connectivity index (χ2v) is 3.23. The fourth-order valence-electron chi connectivity index (χ4n) is 1.14. The van der Waals surface area contributed by atoms with E-state index >= 15 is 0 Å². The molecule has 0 atom stereocenters. The van der Waals surface area contributed by atoms with Crippen LogP contribution >= 0.6 is 0 Å². The van der Waals surface area contributed by atoms with Gasteiger partial charge in [0.2, 0.25) is 0 Å². The summed E-state index contributed by atoms with van der Waals surface area (Å²) in [4.78, 5) is 15.3. The van der Waals surface area contributed by atoms with Gasteiger partial charge in [0.15, 0.2) is 11.5 Å². The summed E-state index contributed by atoms with van der Waals surface area (Å²) in [6.07, 6.45) is 1.42. The minimum atomic E-state index is 0.341. The Morgan fingerprint density at radius 3 is 2.77 bits per heavy atom. The summed E-state index contributed by atoms with van der Waals surface area (Å²) in [5.41, 5.74) is 7.01. The number of anilines is 1. The highest BCUT2D eigenvalue weighted by molar-refractivity contribution is 5.81. The lowest BCUT2D eigenvalue weighted by Gasteiger charge is -1.95. The van der Waals surface area contributed by atoms with Crippen LogP contribution < -0.4 is 5.73 Å². The molecule has 13 heavy (non-hydrogen) atoms. The molecule has 0 spiro atoms. The minimum Gasteiger partial charge on any atom is -0.382 e. The molecule has 2 aromatic heterocycles. The number of nitrogens with two attached hydrogens (primary N) is 1. The number of rotatable bonds is 1. The van der Waals surface area contributed by atoms with Crippen LogP contribution in [0.4, 0.5) is 5.82 Å². The van der Waals surface area contributed by atoms with Crippen molar-refractivity contribution in [3.63, 3.8) is 0 Å². The van der Waals surface area contributed by atoms with Gasteiger partial charge in [-0.15, -0.1) is 0 Å². The van der Waals surface area contributed by atoms with Crippen molar-refractivity contribution in [3.05, 3.63) is 12.2 Å². The molecule has 2 aromatic rings. The highest BCUT2D eigenvalue weighted by atomic mass is 15.0. The maximum atomic E-state index is 5.65. The number of nitrogen functional groups attached to an aromatic ring is 1. The molecule has 0 saturated heterocycles. The van der Waals surface area contributed by atoms with Gasteiger partial charge >= 0.3 is 0 Å². The molecule has 0 aliphatic rings. The van der Waals surface area contributed by atoms with Crippen molar-refractivity contribution in [2.24, 2.45) is 0 Å². The lowest BCUT2D eigenvalue weighted by Crippen LogP contribution is -1.92. The molecule has 0 amide bonds. The number of aromatic amines is 1. The van der Waals surface area contributed by atoms with Gasteiger partial charge in [-0.1, -0.05) is 13.8 Å². The Kier molecular flexibility index (Phi) is 1.65. The molecule has 0 unspecified atom stereocenters. The Morgan fingerprint density at radius 2 is 2.15 bits per heavy atom. The summed E-state index contributed by atoms with van der Waals surface area (Å²) in [5.74, 6) is 1.68. The zero-order valence-corrected chi connectivity index (χ0v) is 7.57. The number of nitrogens with one attached hydrogen (secondary N) is 1. The molecule has 0 aliphatic carbocycles. The van der Waals surface area contributed by atoms with E-state index in [2.05, 4.69) is 33.8 Å². The van der Waals surface area contributed by atoms with E-state index in [1.54, 1.807) is 0 Å². The third kappa shape index (κ3) is 1.22. The summed E-state index contributed by atoms with van der Waals surface area (Å²) < 4.78 is 0. The topological polar surface area (TPSA) is 80.5 Å². The van der Waals surface area contributed by atoms with Gasteiger partial charge < -0.3 is 10.7 Å². The third-order valence-corrected chi connectivity index (χ3v) is 1.88. The number of imidazole rings is 1. The van der Waals surface area contributed by atoms with E-state index in [-0.39, 0.29) is 0 Å². The zero-order chi connectivity index (χ0) is 9.42. The van der Waals surface area contributed by atoms with Crippen LogP contribution in [-0.4, -0.2) is 19.9 Å². The molecule has 2 heterocycles. The van der Waals surface area contributed by atoms with Crippen molar-refractivity contribution in [1.82, 2.24) is 19.9 Å². The summed E-state index contributed by atoms with van der Waals surface area (Å²) in [7, 11) is 0. The van der Waals surface area contributed by atoms with Crippen molar-refractivity contribution in [1.29, 1.82) is 0 Å². The summed E-state index contributed by atoms with van der Waals surface area (Å²) in [5, 5.41) is 0. The van der Waals surface area contributed by atoms with Gasteiger partial charge in [-0.2, -0.15) is 0 Å². The van der Waals surface area contributed by atoms with Crippen LogP contribution in [0.3, 0.4) is 0 Å². The normalized spacial score (nSPS) is 11.3. The number of H-pyrrole nitrogens is 1. The summed E-state index contributed by atoms with van der Waals surface area (Å²) >= 11 is 0. The number of nitrogens with zero attached hydrogens (tertiary/aromatic N) is 3. The van der Waals surface area contributed by atoms with Crippen molar-refractivity contribution in [2.45, 2.75) is 19.8 Å². The van der Waals surface area contributed by atoms with Gasteiger partial charge in [0.25, 0.3) is 0 Å². The summed E-state index contributed by atoms with van der Waals surface area (Å²) in [6.45, 7) is 4.11. The second kappa shape index (κ2) is 2.69. The van der Waals surface area contributed by atoms with E-state index in [0.29, 0.717) is 17.4 Å². The Labute approximate surface area is 75.4 Å². The third-order valence-electron chi connectivity index (χ3n) is 1.88. The van der Waals surface area contributed by atoms with Gasteiger partial charge in [0.1, 0.15) is 17.7 Å². The second-order valence-electron chi connectivity index (χ2n) is 3.23. The first-order valence-corrected chi connectivity index (χ1v) is 4.14. The molecule has 0 saturated carbocycles. The van der Waals surface area contributed by atoms with Crippen molar-refractivity contribution >= 4 is 17.0 Å². The fourth-order valence-corrected chi connectivity index (χ4v) is 1.14. The van der Waals surface area contributed by atoms with Crippen molar-refractivity contribution in [3.8, 4) is 0 Å². The first-order valence-electron chi connectivity index (χ1n) is 4.14. The molecular formula is C8H11N5. The molecule has 68 valence electrons. The van der Waals surface area contributed by atoms with Crippen LogP contribution in [0.15, 0.2) is 6.33 Å². The van der Waals surface area contributed by atoms with Gasteiger partial charge in [-0.3, -0.25) is 0 Å². The van der Waals surface area contributed by atoms with E-state index in [1.165, 1.54) is 6.33 Å². The van der Waals surface area contributed by atoms with Crippen molar-refractivity contribution in [2.75, 3.05) is 5.73 Å². The van der Waals surface area contributed by atoms with E-state index in [4.69, 9.17) is 5.73 Å². The SMILES string of the molecule is CC(C)c1nc2ncnc(N)c2[nH]1. The predicted octanol–water partition coefficient (Wildman–Crippen LogP) is 1.06. The Morgan fingerprint density at radius 1 is 1.38 bits per heavy atom. The van der Waals surface area contributed by atoms with Gasteiger partial charge in [0.05, 0.1) is 0 Å². The molecular weight excluding hydrogens is 166 g/mol. The zero-order valence-electron chi connectivity index (χ0n) is 7.57. The van der Waals surface area contributed by atoms with Gasteiger partial charge in [-0.25, -0.2) is 15.0 Å². The van der Waals surface area contributed by atoms with E-state index < -0.39 is 0 Å². The molecule has 5 nitrogen and oxygen atoms in total. The molecule has 3 N–H and O–H groups in total. The van der Waals surface area contributed by atoms with Crippen LogP contribution in [0.5, 0.6) is 0 Å². The van der Waals surface area contributed by atoms with Crippen LogP contribution in [0.2, 0.25) is 0 Å². The Hall–Kier alpha value is -1.65. The smallest absolute Gasteiger partial charge is 0.183 e. The fraction of sp³-hybridized carbons (Fsp3) is 0.375. The predicted molar refractivity (Wildman–Crippen MR) is 50.2 cm³/mol. The van der Waals surface area contributed by atoms with Crippen LogP contribution in [-0.2, 0) is 0 Å². The Balaban J connectivity index is 2.68. The maximum absolute atomic E-state index is 5.65. The lowest BCUT2D eigenvalue weighted by atomic mass is 10.2. The number of aromatic nitrogens is 4. The highest BCUT2D eigenvalue weighted by Gasteiger charge is 2.09. The van der Waals surface area contributed by atoms with Crippen LogP contribution in [0.1, 0.15) is 25.6 Å². The number of fused-ring (bicyclic) bond motifs is 1. The molecule has 0 aromatic carbocycles. The van der Waals surface area contributed by atoms with Crippen LogP contribution in [0.25, 0.3) is 11.2 Å². The van der Waals surface area contributed by atoms with E-state index in [0.717, 1.165) is 11.3 Å². The average molecular weight is 177 g/mol. The molecule has 0 radical (unpaired) electrons.